The van der Waals surface area contributed by atoms with Gasteiger partial charge in [-0.25, -0.2) is 4.79 Å². The van der Waals surface area contributed by atoms with E-state index in [2.05, 4.69) is 21.2 Å². The highest BCUT2D eigenvalue weighted by molar-refractivity contribution is 9.10. The topological polar surface area (TPSA) is 66.4 Å². The molecule has 5 heteroatoms. The van der Waals surface area contributed by atoms with Crippen molar-refractivity contribution in [3.8, 4) is 0 Å². The van der Waals surface area contributed by atoms with Gasteiger partial charge in [-0.2, -0.15) is 0 Å². The molecule has 1 aliphatic rings. The Morgan fingerprint density at radius 2 is 2.00 bits per heavy atom. The molecule has 1 atom stereocenters. The summed E-state index contributed by atoms with van der Waals surface area (Å²) in [5.74, 6) is -1.52. The highest BCUT2D eigenvalue weighted by Crippen LogP contribution is 2.33. The maximum Gasteiger partial charge on any atom is 0.333 e. The summed E-state index contributed by atoms with van der Waals surface area (Å²) in [6.07, 6.45) is 0.167. The molecule has 4 nitrogen and oxygen atoms in total. The van der Waals surface area contributed by atoms with Gasteiger partial charge in [-0.05, 0) is 24.6 Å². The predicted octanol–water partition coefficient (Wildman–Crippen LogP) is 2.41. The van der Waals surface area contributed by atoms with E-state index in [-0.39, 0.29) is 23.8 Å². The lowest BCUT2D eigenvalue weighted by atomic mass is 9.84. The summed E-state index contributed by atoms with van der Waals surface area (Å²) in [6.45, 7) is 1.62. The Bertz CT molecular complexity index is 534. The van der Waals surface area contributed by atoms with Gasteiger partial charge in [0.25, 0.3) is 0 Å². The van der Waals surface area contributed by atoms with Crippen molar-refractivity contribution in [2.24, 2.45) is 0 Å². The van der Waals surface area contributed by atoms with Crippen LogP contribution in [0.4, 0.5) is 0 Å². The van der Waals surface area contributed by atoms with Crippen LogP contribution in [0.15, 0.2) is 40.0 Å². The molecule has 0 radical (unpaired) electrons. The molecule has 0 aromatic heterocycles. The first kappa shape index (κ1) is 12.8. The maximum atomic E-state index is 11.5. The van der Waals surface area contributed by atoms with Crippen LogP contribution in [-0.4, -0.2) is 17.0 Å². The maximum absolute atomic E-state index is 11.5. The van der Waals surface area contributed by atoms with Gasteiger partial charge in [-0.1, -0.05) is 28.1 Å². The number of allylic oxidation sites excluding steroid dienone is 1. The Morgan fingerprint density at radius 1 is 1.39 bits per heavy atom. The highest BCUT2D eigenvalue weighted by Gasteiger charge is 2.31. The number of amides is 1. The van der Waals surface area contributed by atoms with E-state index in [9.17, 15) is 14.7 Å². The van der Waals surface area contributed by atoms with E-state index in [1.807, 2.05) is 24.3 Å². The first-order valence-corrected chi connectivity index (χ1v) is 6.27. The summed E-state index contributed by atoms with van der Waals surface area (Å²) in [5.41, 5.74) is 1.52. The average molecular weight is 310 g/mol. The molecule has 0 unspecified atom stereocenters. The fraction of sp³-hybridized carbons (Fsp3) is 0.231. The monoisotopic (exact) mass is 309 g/mol. The minimum Gasteiger partial charge on any atom is -0.478 e. The van der Waals surface area contributed by atoms with Crippen LogP contribution in [-0.2, 0) is 9.59 Å². The third-order valence-corrected chi connectivity index (χ3v) is 3.50. The number of carbonyl (C=O) groups is 2. The van der Waals surface area contributed by atoms with Crippen molar-refractivity contribution in [1.82, 2.24) is 5.32 Å². The Hall–Kier alpha value is -1.62. The molecule has 1 aromatic rings. The first-order valence-electron chi connectivity index (χ1n) is 5.48. The number of benzene rings is 1. The van der Waals surface area contributed by atoms with Gasteiger partial charge in [0.2, 0.25) is 5.91 Å². The number of nitrogens with one attached hydrogen (secondary N) is 1. The van der Waals surface area contributed by atoms with Crippen molar-refractivity contribution >= 4 is 27.8 Å². The largest absolute Gasteiger partial charge is 0.478 e. The van der Waals surface area contributed by atoms with Crippen LogP contribution in [0.3, 0.4) is 0 Å². The second kappa shape index (κ2) is 4.94. The molecule has 1 heterocycles. The lowest BCUT2D eigenvalue weighted by molar-refractivity contribution is -0.133. The zero-order valence-electron chi connectivity index (χ0n) is 9.74. The van der Waals surface area contributed by atoms with Crippen LogP contribution < -0.4 is 5.32 Å². The molecule has 18 heavy (non-hydrogen) atoms. The van der Waals surface area contributed by atoms with Gasteiger partial charge < -0.3 is 10.4 Å². The van der Waals surface area contributed by atoms with Gasteiger partial charge in [0.1, 0.15) is 0 Å². The van der Waals surface area contributed by atoms with Crippen molar-refractivity contribution < 1.29 is 14.7 Å². The molecular weight excluding hydrogens is 298 g/mol. The van der Waals surface area contributed by atoms with Crippen molar-refractivity contribution in [3.05, 3.63) is 45.6 Å². The molecule has 0 spiro atoms. The SMILES string of the molecule is CC1=C(C(=O)O)[C@@H](c2ccc(Br)cc2)CC(=O)N1. The van der Waals surface area contributed by atoms with E-state index in [4.69, 9.17) is 0 Å². The molecule has 1 aliphatic heterocycles. The molecule has 2 N–H and O–H groups in total. The second-order valence-corrected chi connectivity index (χ2v) is 5.12. The van der Waals surface area contributed by atoms with Crippen LogP contribution in [0, 0.1) is 0 Å². The number of carboxylic acids is 1. The number of hydrogen-bond acceptors (Lipinski definition) is 2. The molecule has 0 aliphatic carbocycles. The number of halogens is 1. The fourth-order valence-electron chi connectivity index (χ4n) is 2.17. The first-order chi connectivity index (χ1) is 8.49. The van der Waals surface area contributed by atoms with Crippen LogP contribution in [0.2, 0.25) is 0 Å². The van der Waals surface area contributed by atoms with Gasteiger partial charge in [-0.3, -0.25) is 4.79 Å². The minimum absolute atomic E-state index is 0.148. The summed E-state index contributed by atoms with van der Waals surface area (Å²) < 4.78 is 0.920. The van der Waals surface area contributed by atoms with Gasteiger partial charge in [-0.15, -0.1) is 0 Å². The fourth-order valence-corrected chi connectivity index (χ4v) is 2.43. The Balaban J connectivity index is 2.46. The van der Waals surface area contributed by atoms with Crippen molar-refractivity contribution in [1.29, 1.82) is 0 Å². The zero-order chi connectivity index (χ0) is 13.3. The Morgan fingerprint density at radius 3 is 2.56 bits per heavy atom. The number of hydrogen-bond donors (Lipinski definition) is 2. The van der Waals surface area contributed by atoms with Crippen LogP contribution >= 0.6 is 15.9 Å². The van der Waals surface area contributed by atoms with Crippen LogP contribution in [0.5, 0.6) is 0 Å². The number of carboxylic acid groups (broad SMARTS) is 1. The zero-order valence-corrected chi connectivity index (χ0v) is 11.3. The summed E-state index contributed by atoms with van der Waals surface area (Å²) in [7, 11) is 0. The van der Waals surface area contributed by atoms with E-state index in [1.54, 1.807) is 6.92 Å². The van der Waals surface area contributed by atoms with E-state index < -0.39 is 5.97 Å². The van der Waals surface area contributed by atoms with E-state index in [0.29, 0.717) is 5.70 Å². The van der Waals surface area contributed by atoms with Gasteiger partial charge in [0.05, 0.1) is 5.57 Å². The Labute approximate surface area is 113 Å². The lowest BCUT2D eigenvalue weighted by Gasteiger charge is -2.25. The molecule has 2 rings (SSSR count). The van der Waals surface area contributed by atoms with Gasteiger partial charge >= 0.3 is 5.97 Å². The van der Waals surface area contributed by atoms with E-state index in [0.717, 1.165) is 10.0 Å². The van der Waals surface area contributed by atoms with Crippen molar-refractivity contribution in [2.45, 2.75) is 19.3 Å². The quantitative estimate of drug-likeness (QED) is 0.881. The highest BCUT2D eigenvalue weighted by atomic mass is 79.9. The van der Waals surface area contributed by atoms with E-state index in [1.165, 1.54) is 0 Å². The predicted molar refractivity (Wildman–Crippen MR) is 70.0 cm³/mol. The summed E-state index contributed by atoms with van der Waals surface area (Å²) in [4.78, 5) is 22.8. The smallest absolute Gasteiger partial charge is 0.333 e. The van der Waals surface area contributed by atoms with E-state index >= 15 is 0 Å². The minimum atomic E-state index is -0.986. The molecule has 1 aromatic carbocycles. The standard InChI is InChI=1S/C13H12BrNO3/c1-7-12(13(17)18)10(6-11(16)15-7)8-2-4-9(14)5-3-8/h2-5,10H,6H2,1H3,(H,15,16)(H,17,18)/t10-/m1/s1. The van der Waals surface area contributed by atoms with Crippen molar-refractivity contribution in [3.63, 3.8) is 0 Å². The molecule has 1 amide bonds. The molecule has 0 fully saturated rings. The summed E-state index contributed by atoms with van der Waals surface area (Å²) in [5, 5.41) is 11.8. The number of rotatable bonds is 2. The Kier molecular flexibility index (Phi) is 3.52. The van der Waals surface area contributed by atoms with Crippen molar-refractivity contribution in [2.75, 3.05) is 0 Å². The number of carbonyl (C=O) groups excluding carboxylic acids is 1. The average Bonchev–Trinajstić information content (AvgIpc) is 2.28. The second-order valence-electron chi connectivity index (χ2n) is 4.20. The molecular formula is C13H12BrNO3. The van der Waals surface area contributed by atoms with Crippen LogP contribution in [0.1, 0.15) is 24.8 Å². The van der Waals surface area contributed by atoms with Gasteiger partial charge in [0, 0.05) is 22.5 Å². The molecule has 94 valence electrons. The summed E-state index contributed by atoms with van der Waals surface area (Å²) >= 11 is 3.33. The molecule has 0 saturated carbocycles. The summed E-state index contributed by atoms with van der Waals surface area (Å²) in [6, 6.07) is 7.36. The molecule has 0 saturated heterocycles. The van der Waals surface area contributed by atoms with Gasteiger partial charge in [0.15, 0.2) is 0 Å². The lowest BCUT2D eigenvalue weighted by Crippen LogP contribution is -2.33. The third kappa shape index (κ3) is 2.46. The third-order valence-electron chi connectivity index (χ3n) is 2.97. The van der Waals surface area contributed by atoms with Crippen LogP contribution in [0.25, 0.3) is 0 Å². The normalized spacial score (nSPS) is 19.7. The molecule has 0 bridgehead atoms. The number of aliphatic carboxylic acids is 1.